The first-order valence-corrected chi connectivity index (χ1v) is 6.35. The lowest BCUT2D eigenvalue weighted by molar-refractivity contribution is 0.341. The third kappa shape index (κ3) is 8.43. The lowest BCUT2D eigenvalue weighted by Gasteiger charge is -2.31. The van der Waals surface area contributed by atoms with Crippen molar-refractivity contribution in [3.05, 3.63) is 0 Å². The van der Waals surface area contributed by atoms with Gasteiger partial charge in [-0.1, -0.05) is 0 Å². The van der Waals surface area contributed by atoms with Crippen LogP contribution in [0.3, 0.4) is 0 Å². The molecule has 3 nitrogen and oxygen atoms in total. The molecule has 0 aliphatic carbocycles. The average Bonchev–Trinajstić information content (AvgIpc) is 1.79. The summed E-state index contributed by atoms with van der Waals surface area (Å²) in [5.41, 5.74) is 0.232. The molecule has 0 heterocycles. The van der Waals surface area contributed by atoms with Crippen LogP contribution in [-0.2, 0) is 4.43 Å². The van der Waals surface area contributed by atoms with Crippen molar-refractivity contribution >= 4 is 9.36 Å². The van der Waals surface area contributed by atoms with Gasteiger partial charge in [-0.25, -0.2) is 0 Å². The highest BCUT2D eigenvalue weighted by molar-refractivity contribution is 6.46. The van der Waals surface area contributed by atoms with Crippen molar-refractivity contribution < 1.29 is 4.43 Å². The van der Waals surface area contributed by atoms with E-state index >= 15 is 0 Å². The zero-order valence-corrected chi connectivity index (χ0v) is 11.1. The summed E-state index contributed by atoms with van der Waals surface area (Å²) < 4.78 is 5.42. The molecule has 0 unspecified atom stereocenters. The highest BCUT2D eigenvalue weighted by Gasteiger charge is 2.23. The summed E-state index contributed by atoms with van der Waals surface area (Å²) in [6.07, 6.45) is 0. The molecule has 0 aliphatic heterocycles. The normalized spacial score (nSPS) is 13.8. The van der Waals surface area contributed by atoms with E-state index in [-0.39, 0.29) is 11.1 Å². The van der Waals surface area contributed by atoms with Crippen molar-refractivity contribution in [1.82, 2.24) is 9.96 Å². The lowest BCUT2D eigenvalue weighted by Crippen LogP contribution is -2.61. The summed E-state index contributed by atoms with van der Waals surface area (Å²) >= 11 is 0. The Hall–Kier alpha value is 0.0969. The zero-order valence-electron chi connectivity index (χ0n) is 9.99. The largest absolute Gasteiger partial charge is 0.397 e. The number of rotatable bonds is 3. The maximum atomic E-state index is 5.42. The van der Waals surface area contributed by atoms with Crippen LogP contribution in [0.5, 0.6) is 0 Å². The summed E-state index contributed by atoms with van der Waals surface area (Å²) in [4.78, 5) is 6.94. The van der Waals surface area contributed by atoms with Crippen molar-refractivity contribution in [3.8, 4) is 0 Å². The number of hydrogen-bond acceptors (Lipinski definition) is 3. The number of nitrogens with one attached hydrogen (secondary N) is 2. The van der Waals surface area contributed by atoms with E-state index in [4.69, 9.17) is 4.43 Å². The predicted octanol–water partition coefficient (Wildman–Crippen LogP) is 1.13. The fraction of sp³-hybridized carbons (Fsp3) is 1.00. The van der Waals surface area contributed by atoms with Crippen molar-refractivity contribution in [2.24, 2.45) is 0 Å². The lowest BCUT2D eigenvalue weighted by atomic mass is 10.1. The van der Waals surface area contributed by atoms with Gasteiger partial charge in [-0.15, -0.1) is 0 Å². The van der Waals surface area contributed by atoms with Gasteiger partial charge in [-0.3, -0.25) is 0 Å². The summed E-state index contributed by atoms with van der Waals surface area (Å²) in [7, 11) is 0.295. The van der Waals surface area contributed by atoms with Gasteiger partial charge in [0, 0.05) is 18.2 Å². The van der Waals surface area contributed by atoms with Crippen LogP contribution in [-0.4, -0.2) is 27.6 Å². The molecule has 0 amide bonds. The van der Waals surface area contributed by atoms with Crippen LogP contribution in [0.1, 0.15) is 41.5 Å². The van der Waals surface area contributed by atoms with Gasteiger partial charge in [-0.2, -0.15) is 0 Å². The standard InChI is InChI=1S/C9H24N2OSi/c1-8(2,3)10-13(12-7)11-9(4,5)6/h10-11,13H,1-7H3. The van der Waals surface area contributed by atoms with Crippen molar-refractivity contribution in [3.63, 3.8) is 0 Å². The van der Waals surface area contributed by atoms with E-state index in [1.165, 1.54) is 0 Å². The second-order valence-corrected chi connectivity index (χ2v) is 7.21. The third-order valence-corrected chi connectivity index (χ3v) is 4.09. The molecule has 0 saturated heterocycles. The molecule has 0 aromatic carbocycles. The molecule has 0 atom stereocenters. The Kier molecular flexibility index (Phi) is 4.58. The topological polar surface area (TPSA) is 33.3 Å². The van der Waals surface area contributed by atoms with Gasteiger partial charge in [0.25, 0.3) is 0 Å². The minimum Gasteiger partial charge on any atom is -0.397 e. The molecule has 2 N–H and O–H groups in total. The summed E-state index contributed by atoms with van der Waals surface area (Å²) in [5.74, 6) is 0. The molecule has 0 aliphatic rings. The average molecular weight is 204 g/mol. The Labute approximate surface area is 84.1 Å². The molecule has 0 aromatic rings. The van der Waals surface area contributed by atoms with Crippen molar-refractivity contribution in [2.75, 3.05) is 7.11 Å². The predicted molar refractivity (Wildman–Crippen MR) is 59.9 cm³/mol. The highest BCUT2D eigenvalue weighted by atomic mass is 28.3. The van der Waals surface area contributed by atoms with Gasteiger partial charge in [0.15, 0.2) is 0 Å². The van der Waals surface area contributed by atoms with E-state index in [9.17, 15) is 0 Å². The van der Waals surface area contributed by atoms with Gasteiger partial charge in [0.05, 0.1) is 0 Å². The minimum atomic E-state index is -1.46. The van der Waals surface area contributed by atoms with Gasteiger partial charge in [-0.05, 0) is 41.5 Å². The van der Waals surface area contributed by atoms with Gasteiger partial charge < -0.3 is 14.4 Å². The Bertz CT molecular complexity index is 133. The molecule has 0 radical (unpaired) electrons. The molecular formula is C9H24N2OSi. The smallest absolute Gasteiger partial charge is 0.335 e. The van der Waals surface area contributed by atoms with Crippen LogP contribution < -0.4 is 9.96 Å². The van der Waals surface area contributed by atoms with Crippen LogP contribution in [0, 0.1) is 0 Å². The SMILES string of the molecule is CO[SiH](NC(C)(C)C)NC(C)(C)C. The van der Waals surface area contributed by atoms with Crippen LogP contribution in [0.2, 0.25) is 0 Å². The zero-order chi connectivity index (χ0) is 10.7. The van der Waals surface area contributed by atoms with E-state index in [1.54, 1.807) is 7.11 Å². The molecule has 0 bridgehead atoms. The van der Waals surface area contributed by atoms with Gasteiger partial charge in [0.1, 0.15) is 0 Å². The van der Waals surface area contributed by atoms with E-state index in [0.717, 1.165) is 0 Å². The fourth-order valence-corrected chi connectivity index (χ4v) is 2.82. The summed E-state index contributed by atoms with van der Waals surface area (Å²) in [5, 5.41) is 0. The van der Waals surface area contributed by atoms with Gasteiger partial charge >= 0.3 is 9.36 Å². The minimum absolute atomic E-state index is 0.116. The first-order chi connectivity index (χ1) is 5.64. The second kappa shape index (κ2) is 4.55. The molecule has 4 heteroatoms. The first kappa shape index (κ1) is 13.1. The Morgan fingerprint density at radius 3 is 1.31 bits per heavy atom. The molecule has 0 fully saturated rings. The molecule has 80 valence electrons. The van der Waals surface area contributed by atoms with Crippen LogP contribution in [0.25, 0.3) is 0 Å². The number of hydrogen-bond donors (Lipinski definition) is 2. The van der Waals surface area contributed by atoms with E-state index in [2.05, 4.69) is 51.5 Å². The second-order valence-electron chi connectivity index (χ2n) is 5.40. The van der Waals surface area contributed by atoms with E-state index in [0.29, 0.717) is 0 Å². The molecule has 0 aromatic heterocycles. The van der Waals surface area contributed by atoms with Gasteiger partial charge in [0.2, 0.25) is 0 Å². The molecule has 0 rings (SSSR count). The molecular weight excluding hydrogens is 180 g/mol. The van der Waals surface area contributed by atoms with Crippen LogP contribution >= 0.6 is 0 Å². The monoisotopic (exact) mass is 204 g/mol. The fourth-order valence-electron chi connectivity index (χ4n) is 0.941. The Balaban J connectivity index is 4.05. The Morgan fingerprint density at radius 1 is 0.846 bits per heavy atom. The van der Waals surface area contributed by atoms with Crippen LogP contribution in [0.4, 0.5) is 0 Å². The van der Waals surface area contributed by atoms with E-state index in [1.807, 2.05) is 0 Å². The molecule has 13 heavy (non-hydrogen) atoms. The quantitative estimate of drug-likeness (QED) is 0.676. The third-order valence-electron chi connectivity index (χ3n) is 1.36. The Morgan fingerprint density at radius 2 is 1.15 bits per heavy atom. The van der Waals surface area contributed by atoms with Crippen molar-refractivity contribution in [1.29, 1.82) is 0 Å². The summed E-state index contributed by atoms with van der Waals surface area (Å²) in [6, 6.07) is 0. The van der Waals surface area contributed by atoms with Crippen LogP contribution in [0.15, 0.2) is 0 Å². The summed E-state index contributed by atoms with van der Waals surface area (Å²) in [6.45, 7) is 12.9. The first-order valence-electron chi connectivity index (χ1n) is 4.72. The van der Waals surface area contributed by atoms with E-state index < -0.39 is 9.36 Å². The molecule has 0 spiro atoms. The maximum Gasteiger partial charge on any atom is 0.335 e. The highest BCUT2D eigenvalue weighted by Crippen LogP contribution is 2.03. The molecule has 0 saturated carbocycles. The van der Waals surface area contributed by atoms with Crippen molar-refractivity contribution in [2.45, 2.75) is 52.6 Å². The maximum absolute atomic E-state index is 5.42.